The molecule has 17 rings (SSSR count). The lowest BCUT2D eigenvalue weighted by molar-refractivity contribution is 0.0825. The zero-order chi connectivity index (χ0) is 101. The van der Waals surface area contributed by atoms with Gasteiger partial charge in [-0.2, -0.15) is 35.7 Å². The average Bonchev–Trinajstić information content (AvgIpc) is 1.65. The van der Waals surface area contributed by atoms with Gasteiger partial charge >= 0.3 is 0 Å². The van der Waals surface area contributed by atoms with E-state index in [2.05, 4.69) is 132 Å². The van der Waals surface area contributed by atoms with E-state index in [-0.39, 0.29) is 41.4 Å². The molecular weight excluding hydrogens is 1870 g/mol. The van der Waals surface area contributed by atoms with Gasteiger partial charge in [0.05, 0.1) is 132 Å². The summed E-state index contributed by atoms with van der Waals surface area (Å²) in [5, 5.41) is 32.1. The maximum atomic E-state index is 12.1. The van der Waals surface area contributed by atoms with Gasteiger partial charge in [-0.3, -0.25) is 61.7 Å². The first-order valence-electron chi connectivity index (χ1n) is 46.2. The summed E-state index contributed by atoms with van der Waals surface area (Å²) >= 11 is 10.6. The SMILES string of the molecule is CCn1nc(-c2ccc(C(=O)N(C)C)s2)cc1C.CCn1nc(C)cc1-c1ccc(C(=O)N(C)C)s1.Cc1cc(-c2ccc(C(=O)N(C)C)s2)n(-c2ccccc2)n1.Cc1cc(-c2ccc(C(=O)N(C)C)s2)n(C(C)C)n1.Cc1cc(-c2ccc(C(=O)N(C)C)s2)n(C2CCCC2)n1.Cc1cc(-c2ccc(C(=O)N(C)C)s2)nn1C(C)C.Cc1cc(-c2ccc(C(=O)N(C)C)s2)nn1C1CCCC1. The number of amides is 7. The standard InChI is InChI=1S/C17H17N3OS.2C16H21N3OS.2C14H19N3OS.2C13H17N3OS/c1-12-11-14(20(18-12)13-7-5-4-6-8-13)15-9-10-16(22-15)17(21)19(2)3;1-11-10-13(17-19(11)12-6-4-5-7-12)14-8-9-15(21-14)16(20)18(2)3;1-11-10-13(19(17-11)12-6-4-5-7-12)14-8-9-15(21-14)16(20)18(2)3;1-9(2)17-10(3)8-11(15-17)12-6-7-13(19-12)14(18)16(4)5;1-9(2)17-11(8-10(3)15-17)12-6-7-13(19-12)14(18)16(4)5;1-5-16-9(2)8-10(14-16)11-6-7-12(18-11)13(17)15(3)4;1-5-16-10(8-9(2)14-16)11-6-7-12(18-11)13(17)15(3)4/h4-11H,1-3H3;2*8-10,12H,4-7H2,1-3H3;2*6-9H,1-5H3;2*6-8H,5H2,1-4H3. The number of benzene rings is 1. The van der Waals surface area contributed by atoms with E-state index in [1.807, 2.05) is 179 Å². The molecule has 14 aromatic heterocycles. The molecular formula is C103H131N21O7S7. The fraction of sp³-hybridized carbons (Fsp3) is 0.398. The summed E-state index contributed by atoms with van der Waals surface area (Å²) in [7, 11) is 24.8. The van der Waals surface area contributed by atoms with E-state index in [1.54, 1.807) is 144 Å². The predicted molar refractivity (Wildman–Crippen MR) is 567 cm³/mol. The third-order valence-corrected chi connectivity index (χ3v) is 30.2. The second-order valence-electron chi connectivity index (χ2n) is 36.0. The molecule has 0 radical (unpaired) electrons. The van der Waals surface area contributed by atoms with Crippen molar-refractivity contribution in [3.05, 3.63) is 232 Å². The molecule has 1 aromatic carbocycles. The van der Waals surface area contributed by atoms with E-state index in [9.17, 15) is 33.6 Å². The molecule has 0 saturated heterocycles. The molecule has 2 fully saturated rings. The Hall–Kier alpha value is -12.1. The average molecular weight is 2000 g/mol. The van der Waals surface area contributed by atoms with Gasteiger partial charge in [0, 0.05) is 141 Å². The number of hydrogen-bond donors (Lipinski definition) is 0. The van der Waals surface area contributed by atoms with Crippen molar-refractivity contribution in [1.29, 1.82) is 0 Å². The van der Waals surface area contributed by atoms with Crippen molar-refractivity contribution < 1.29 is 33.6 Å². The lowest BCUT2D eigenvalue weighted by Crippen LogP contribution is -2.20. The number of rotatable bonds is 21. The Labute approximate surface area is 839 Å². The van der Waals surface area contributed by atoms with Crippen LogP contribution >= 0.6 is 79.4 Å². The Morgan fingerprint density at radius 3 is 0.986 bits per heavy atom. The van der Waals surface area contributed by atoms with Gasteiger partial charge in [-0.15, -0.1) is 79.4 Å². The topological polar surface area (TPSA) is 267 Å². The Morgan fingerprint density at radius 2 is 0.601 bits per heavy atom. The quantitative estimate of drug-likeness (QED) is 0.0647. The van der Waals surface area contributed by atoms with Crippen LogP contribution in [0.5, 0.6) is 0 Å². The molecule has 0 unspecified atom stereocenters. The molecule has 2 aliphatic carbocycles. The molecule has 0 bridgehead atoms. The number of aryl methyl sites for hydroxylation is 9. The zero-order valence-corrected chi connectivity index (χ0v) is 90.2. The number of carbonyl (C=O) groups is 7. The minimum absolute atomic E-state index is 0.0266. The molecule has 7 amide bonds. The first-order chi connectivity index (χ1) is 65.5. The van der Waals surface area contributed by atoms with Gasteiger partial charge in [-0.1, -0.05) is 43.9 Å². The van der Waals surface area contributed by atoms with Crippen LogP contribution in [0.3, 0.4) is 0 Å². The van der Waals surface area contributed by atoms with Gasteiger partial charge in [-0.05, 0) is 255 Å². The molecule has 2 aliphatic rings. The van der Waals surface area contributed by atoms with Crippen LogP contribution in [0.1, 0.15) is 225 Å². The van der Waals surface area contributed by atoms with Crippen LogP contribution in [0.2, 0.25) is 0 Å². The molecule has 0 spiro atoms. The summed E-state index contributed by atoms with van der Waals surface area (Å²) in [5.41, 5.74) is 15.7. The summed E-state index contributed by atoms with van der Waals surface area (Å²) in [4.78, 5) is 108. The van der Waals surface area contributed by atoms with Gasteiger partial charge in [0.2, 0.25) is 0 Å². The normalized spacial score (nSPS) is 12.3. The maximum absolute atomic E-state index is 12.1. The van der Waals surface area contributed by atoms with Crippen LogP contribution in [0.25, 0.3) is 79.7 Å². The van der Waals surface area contributed by atoms with Crippen molar-refractivity contribution in [3.8, 4) is 79.7 Å². The summed E-state index contributed by atoms with van der Waals surface area (Å²) in [6.45, 7) is 28.5. The molecule has 28 nitrogen and oxygen atoms in total. The van der Waals surface area contributed by atoms with Crippen molar-refractivity contribution >= 4 is 121 Å². The highest BCUT2D eigenvalue weighted by atomic mass is 32.1. The number of hydrogen-bond acceptors (Lipinski definition) is 21. The van der Waals surface area contributed by atoms with Gasteiger partial charge < -0.3 is 34.3 Å². The summed E-state index contributed by atoms with van der Waals surface area (Å²) in [6.07, 6.45) is 10.1. The van der Waals surface area contributed by atoms with Gasteiger partial charge in [-0.25, -0.2) is 4.68 Å². The maximum Gasteiger partial charge on any atom is 0.263 e. The minimum atomic E-state index is 0.0266. The van der Waals surface area contributed by atoms with E-state index in [0.717, 1.165) is 161 Å². The van der Waals surface area contributed by atoms with Crippen molar-refractivity contribution in [2.75, 3.05) is 98.7 Å². The van der Waals surface area contributed by atoms with Crippen LogP contribution in [0, 0.1) is 48.5 Å². The number of nitrogens with zero attached hydrogens (tertiary/aromatic N) is 21. The zero-order valence-electron chi connectivity index (χ0n) is 84.5. The summed E-state index contributed by atoms with van der Waals surface area (Å²) in [5.74, 6) is 0.315. The number of para-hydroxylation sites is 1. The minimum Gasteiger partial charge on any atom is -0.344 e. The molecule has 0 atom stereocenters. The van der Waals surface area contributed by atoms with Crippen molar-refractivity contribution in [3.63, 3.8) is 0 Å². The molecule has 138 heavy (non-hydrogen) atoms. The van der Waals surface area contributed by atoms with Crippen LogP contribution < -0.4 is 0 Å². The van der Waals surface area contributed by atoms with Crippen molar-refractivity contribution in [2.24, 2.45) is 0 Å². The van der Waals surface area contributed by atoms with Crippen LogP contribution in [0.15, 0.2) is 158 Å². The molecule has 35 heteroatoms. The molecule has 2 saturated carbocycles. The third kappa shape index (κ3) is 26.7. The third-order valence-electron chi connectivity index (χ3n) is 22.5. The highest BCUT2D eigenvalue weighted by molar-refractivity contribution is 7.19. The molecule has 0 N–H and O–H groups in total. The van der Waals surface area contributed by atoms with E-state index < -0.39 is 0 Å². The van der Waals surface area contributed by atoms with Crippen LogP contribution in [-0.2, 0) is 13.1 Å². The number of thiophene rings is 7. The van der Waals surface area contributed by atoms with E-state index >= 15 is 0 Å². The lowest BCUT2D eigenvalue weighted by Gasteiger charge is -2.13. The highest BCUT2D eigenvalue weighted by Gasteiger charge is 2.28. The number of carbonyl (C=O) groups excluding carboxylic acids is 7. The molecule has 15 aromatic rings. The largest absolute Gasteiger partial charge is 0.344 e. The predicted octanol–water partition coefficient (Wildman–Crippen LogP) is 22.8. The first kappa shape index (κ1) is 106. The van der Waals surface area contributed by atoms with Gasteiger partial charge in [0.25, 0.3) is 41.4 Å². The van der Waals surface area contributed by atoms with Gasteiger partial charge in [0.15, 0.2) is 0 Å². The molecule has 0 aliphatic heterocycles. The van der Waals surface area contributed by atoms with Crippen LogP contribution in [0.4, 0.5) is 0 Å². The van der Waals surface area contributed by atoms with E-state index in [1.165, 1.54) is 125 Å². The monoisotopic (exact) mass is 2000 g/mol. The summed E-state index contributed by atoms with van der Waals surface area (Å²) in [6, 6.07) is 53.4. The van der Waals surface area contributed by atoms with E-state index in [4.69, 9.17) is 5.10 Å². The fourth-order valence-corrected chi connectivity index (χ4v) is 22.6. The van der Waals surface area contributed by atoms with Crippen LogP contribution in [-0.4, -0.2) is 243 Å². The van der Waals surface area contributed by atoms with Crippen molar-refractivity contribution in [2.45, 2.75) is 179 Å². The second kappa shape index (κ2) is 48.0. The van der Waals surface area contributed by atoms with Crippen molar-refractivity contribution in [1.82, 2.24) is 103 Å². The van der Waals surface area contributed by atoms with E-state index in [0.29, 0.717) is 24.2 Å². The second-order valence-corrected chi connectivity index (χ2v) is 43.5. The highest BCUT2D eigenvalue weighted by Crippen LogP contribution is 2.40. The smallest absolute Gasteiger partial charge is 0.263 e. The molecule has 14 heterocycles. The Balaban J connectivity index is 0.000000155. The fourth-order valence-electron chi connectivity index (χ4n) is 15.5. The Morgan fingerprint density at radius 1 is 0.297 bits per heavy atom. The first-order valence-corrected chi connectivity index (χ1v) is 51.9. The Bertz CT molecular complexity index is 6630. The van der Waals surface area contributed by atoms with Gasteiger partial charge in [0.1, 0.15) is 17.1 Å². The summed E-state index contributed by atoms with van der Waals surface area (Å²) < 4.78 is 14.2. The molecule has 732 valence electrons. The Kier molecular flexibility index (Phi) is 37.0. The number of aromatic nitrogens is 14. The lowest BCUT2D eigenvalue weighted by atomic mass is 10.2.